The molecular weight excluding hydrogens is 209 g/mol. The van der Waals surface area contributed by atoms with Crippen LogP contribution in [0.3, 0.4) is 0 Å². The highest BCUT2D eigenvalue weighted by molar-refractivity contribution is 6.55. The minimum atomic E-state index is -2.88. The fourth-order valence-corrected chi connectivity index (χ4v) is 3.60. The standard InChI is InChI=1S/C8H19F3N2Si/c1-4-12-14(13-5-2)6(3)7(9)8(10)11/h6-8,12-14H,4-5H2,1-3H3. The number of hydrogen-bond donors (Lipinski definition) is 2. The minimum absolute atomic E-state index is 0.602. The van der Waals surface area contributed by atoms with Crippen molar-refractivity contribution in [2.75, 3.05) is 13.1 Å². The predicted octanol–water partition coefficient (Wildman–Crippen LogP) is 1.42. The first kappa shape index (κ1) is 13.9. The van der Waals surface area contributed by atoms with E-state index in [0.29, 0.717) is 13.1 Å². The van der Waals surface area contributed by atoms with Gasteiger partial charge in [-0.15, -0.1) is 0 Å². The lowest BCUT2D eigenvalue weighted by Gasteiger charge is -2.25. The van der Waals surface area contributed by atoms with Crippen molar-refractivity contribution in [3.63, 3.8) is 0 Å². The predicted molar refractivity (Wildman–Crippen MR) is 54.8 cm³/mol. The fraction of sp³-hybridized carbons (Fsp3) is 1.00. The van der Waals surface area contributed by atoms with Crippen LogP contribution >= 0.6 is 0 Å². The van der Waals surface area contributed by atoms with Gasteiger partial charge in [0.2, 0.25) is 0 Å². The van der Waals surface area contributed by atoms with Gasteiger partial charge >= 0.3 is 0 Å². The Morgan fingerprint density at radius 2 is 1.50 bits per heavy atom. The molecule has 2 N–H and O–H groups in total. The molecule has 0 bridgehead atoms. The highest BCUT2D eigenvalue weighted by Crippen LogP contribution is 2.21. The van der Waals surface area contributed by atoms with Gasteiger partial charge in [0.1, 0.15) is 0 Å². The zero-order valence-corrected chi connectivity index (χ0v) is 10.0. The molecule has 0 spiro atoms. The van der Waals surface area contributed by atoms with Gasteiger partial charge in [-0.1, -0.05) is 20.8 Å². The Bertz CT molecular complexity index is 143. The fourth-order valence-electron chi connectivity index (χ4n) is 1.30. The van der Waals surface area contributed by atoms with Crippen molar-refractivity contribution in [3.8, 4) is 0 Å². The summed E-state index contributed by atoms with van der Waals surface area (Å²) >= 11 is 0. The van der Waals surface area contributed by atoms with E-state index in [9.17, 15) is 13.2 Å². The molecule has 6 heteroatoms. The first-order valence-corrected chi connectivity index (χ1v) is 6.75. The summed E-state index contributed by atoms with van der Waals surface area (Å²) in [6.07, 6.45) is -4.90. The SMILES string of the molecule is CCN[SiH](NCC)C(C)C(F)C(F)F. The second kappa shape index (κ2) is 7.25. The second-order valence-electron chi connectivity index (χ2n) is 3.23. The third-order valence-corrected chi connectivity index (χ3v) is 5.23. The van der Waals surface area contributed by atoms with Crippen molar-refractivity contribution in [3.05, 3.63) is 0 Å². The lowest BCUT2D eigenvalue weighted by Crippen LogP contribution is -2.52. The molecule has 0 rings (SSSR count). The highest BCUT2D eigenvalue weighted by Gasteiger charge is 2.32. The van der Waals surface area contributed by atoms with Crippen LogP contribution in [0.1, 0.15) is 20.8 Å². The zero-order chi connectivity index (χ0) is 11.1. The quantitative estimate of drug-likeness (QED) is 0.644. The van der Waals surface area contributed by atoms with Gasteiger partial charge in [0, 0.05) is 5.54 Å². The van der Waals surface area contributed by atoms with Crippen LogP contribution in [0.15, 0.2) is 0 Å². The van der Waals surface area contributed by atoms with Crippen molar-refractivity contribution in [2.24, 2.45) is 0 Å². The van der Waals surface area contributed by atoms with Crippen molar-refractivity contribution in [1.82, 2.24) is 9.96 Å². The minimum Gasteiger partial charge on any atom is -0.328 e. The number of hydrogen-bond acceptors (Lipinski definition) is 2. The maximum atomic E-state index is 13.0. The zero-order valence-electron chi connectivity index (χ0n) is 8.86. The Morgan fingerprint density at radius 3 is 1.79 bits per heavy atom. The van der Waals surface area contributed by atoms with E-state index in [0.717, 1.165) is 0 Å². The summed E-state index contributed by atoms with van der Waals surface area (Å²) < 4.78 is 37.2. The van der Waals surface area contributed by atoms with Gasteiger partial charge in [0.25, 0.3) is 6.43 Å². The van der Waals surface area contributed by atoms with Gasteiger partial charge in [-0.25, -0.2) is 13.2 Å². The van der Waals surface area contributed by atoms with Crippen molar-refractivity contribution in [2.45, 2.75) is 38.9 Å². The molecule has 2 unspecified atom stereocenters. The lowest BCUT2D eigenvalue weighted by molar-refractivity contribution is 0.0470. The van der Waals surface area contributed by atoms with Gasteiger partial charge in [-0.2, -0.15) is 0 Å². The molecule has 0 heterocycles. The molecule has 0 aromatic rings. The molecule has 0 aromatic carbocycles. The molecule has 86 valence electrons. The largest absolute Gasteiger partial charge is 0.328 e. The Labute approximate surface area is 85.0 Å². The lowest BCUT2D eigenvalue weighted by atomic mass is 10.3. The number of rotatable bonds is 7. The van der Waals surface area contributed by atoms with Gasteiger partial charge in [-0.05, 0) is 13.1 Å². The first-order chi connectivity index (χ1) is 6.54. The summed E-state index contributed by atoms with van der Waals surface area (Å²) in [6, 6.07) is 0. The topological polar surface area (TPSA) is 24.1 Å². The maximum absolute atomic E-state index is 13.0. The average Bonchev–Trinajstić information content (AvgIpc) is 2.15. The van der Waals surface area contributed by atoms with Crippen molar-refractivity contribution >= 4 is 9.12 Å². The van der Waals surface area contributed by atoms with E-state index in [-0.39, 0.29) is 0 Å². The van der Waals surface area contributed by atoms with E-state index in [1.807, 2.05) is 13.8 Å². The Balaban J connectivity index is 4.18. The van der Waals surface area contributed by atoms with E-state index < -0.39 is 27.3 Å². The van der Waals surface area contributed by atoms with Gasteiger partial charge in [0.05, 0.1) is 0 Å². The van der Waals surface area contributed by atoms with E-state index in [1.165, 1.54) is 0 Å². The molecule has 2 nitrogen and oxygen atoms in total. The molecule has 14 heavy (non-hydrogen) atoms. The first-order valence-electron chi connectivity index (χ1n) is 4.93. The van der Waals surface area contributed by atoms with Crippen LogP contribution < -0.4 is 9.96 Å². The summed E-state index contributed by atoms with van der Waals surface area (Å²) in [5, 5.41) is 0. The van der Waals surface area contributed by atoms with Crippen LogP contribution in [0.4, 0.5) is 13.2 Å². The highest BCUT2D eigenvalue weighted by atomic mass is 28.3. The third kappa shape index (κ3) is 4.43. The Hall–Kier alpha value is -0.0731. The Kier molecular flexibility index (Phi) is 7.21. The smallest absolute Gasteiger partial charge is 0.269 e. The molecule has 0 aliphatic carbocycles. The molecule has 2 atom stereocenters. The molecule has 0 fully saturated rings. The molecular formula is C8H19F3N2Si. The van der Waals surface area contributed by atoms with Gasteiger partial charge in [-0.3, -0.25) is 0 Å². The number of halogens is 3. The van der Waals surface area contributed by atoms with Gasteiger partial charge < -0.3 is 9.96 Å². The summed E-state index contributed by atoms with van der Waals surface area (Å²) in [7, 11) is -1.80. The average molecular weight is 228 g/mol. The normalized spacial score (nSPS) is 16.3. The summed E-state index contributed by atoms with van der Waals surface area (Å²) in [6.45, 7) is 6.69. The van der Waals surface area contributed by atoms with E-state index >= 15 is 0 Å². The second-order valence-corrected chi connectivity index (χ2v) is 6.05. The van der Waals surface area contributed by atoms with E-state index in [1.54, 1.807) is 6.92 Å². The monoisotopic (exact) mass is 228 g/mol. The summed E-state index contributed by atoms with van der Waals surface area (Å²) in [5.41, 5.74) is -0.602. The molecule has 0 aromatic heterocycles. The molecule has 0 saturated heterocycles. The van der Waals surface area contributed by atoms with Crippen LogP contribution in [0.2, 0.25) is 5.54 Å². The van der Waals surface area contributed by atoms with Crippen LogP contribution in [0.25, 0.3) is 0 Å². The van der Waals surface area contributed by atoms with E-state index in [2.05, 4.69) is 9.96 Å². The Morgan fingerprint density at radius 1 is 1.07 bits per heavy atom. The van der Waals surface area contributed by atoms with Crippen LogP contribution in [-0.2, 0) is 0 Å². The van der Waals surface area contributed by atoms with Crippen LogP contribution in [-0.4, -0.2) is 34.8 Å². The third-order valence-electron chi connectivity index (χ3n) is 2.12. The van der Waals surface area contributed by atoms with Crippen molar-refractivity contribution < 1.29 is 13.2 Å². The molecule has 0 aliphatic heterocycles. The van der Waals surface area contributed by atoms with E-state index in [4.69, 9.17) is 0 Å². The van der Waals surface area contributed by atoms with Crippen molar-refractivity contribution in [1.29, 1.82) is 0 Å². The maximum Gasteiger partial charge on any atom is 0.269 e. The number of alkyl halides is 3. The molecule has 0 saturated carbocycles. The molecule has 0 amide bonds. The van der Waals surface area contributed by atoms with Gasteiger partial charge in [0.15, 0.2) is 15.3 Å². The van der Waals surface area contributed by atoms with Crippen LogP contribution in [0, 0.1) is 0 Å². The summed E-state index contributed by atoms with van der Waals surface area (Å²) in [5.74, 6) is 0. The number of nitrogens with one attached hydrogen (secondary N) is 2. The summed E-state index contributed by atoms with van der Waals surface area (Å²) in [4.78, 5) is 6.15. The van der Waals surface area contributed by atoms with Crippen LogP contribution in [0.5, 0.6) is 0 Å². The molecule has 0 aliphatic rings. The molecule has 0 radical (unpaired) electrons.